The predicted octanol–water partition coefficient (Wildman–Crippen LogP) is 3.04. The molecular formula is C18H23N3O. The van der Waals surface area contributed by atoms with Crippen molar-refractivity contribution in [3.05, 3.63) is 60.2 Å². The van der Waals surface area contributed by atoms with E-state index in [1.807, 2.05) is 18.5 Å². The molecule has 22 heavy (non-hydrogen) atoms. The number of nitrogens with zero attached hydrogens (tertiary/aromatic N) is 2. The molecule has 1 aliphatic heterocycles. The van der Waals surface area contributed by atoms with Crippen LogP contribution in [0, 0.1) is 0 Å². The van der Waals surface area contributed by atoms with E-state index in [1.165, 1.54) is 5.56 Å². The molecule has 0 saturated carbocycles. The Morgan fingerprint density at radius 3 is 3.05 bits per heavy atom. The zero-order valence-corrected chi connectivity index (χ0v) is 13.0. The Hall–Kier alpha value is -1.91. The SMILES string of the molecule is CCn1ccnc1[C@H]1OCC[C@@H]1NC/C=C/c1ccccc1. The summed E-state index contributed by atoms with van der Waals surface area (Å²) in [5.41, 5.74) is 1.23. The minimum atomic E-state index is 0.0556. The molecule has 1 aromatic carbocycles. The highest BCUT2D eigenvalue weighted by atomic mass is 16.5. The summed E-state index contributed by atoms with van der Waals surface area (Å²) in [6.07, 6.45) is 9.26. The number of imidazole rings is 1. The third-order valence-electron chi connectivity index (χ3n) is 4.04. The van der Waals surface area contributed by atoms with Crippen molar-refractivity contribution in [2.75, 3.05) is 13.2 Å². The molecule has 4 nitrogen and oxygen atoms in total. The number of hydrogen-bond acceptors (Lipinski definition) is 3. The van der Waals surface area contributed by atoms with E-state index in [0.29, 0.717) is 6.04 Å². The zero-order valence-electron chi connectivity index (χ0n) is 13.0. The minimum Gasteiger partial charge on any atom is -0.369 e. The lowest BCUT2D eigenvalue weighted by molar-refractivity contribution is 0.0896. The molecule has 1 fully saturated rings. The van der Waals surface area contributed by atoms with Crippen LogP contribution in [0.5, 0.6) is 0 Å². The monoisotopic (exact) mass is 297 g/mol. The molecule has 0 amide bonds. The van der Waals surface area contributed by atoms with Gasteiger partial charge in [0.25, 0.3) is 0 Å². The summed E-state index contributed by atoms with van der Waals surface area (Å²) < 4.78 is 8.06. The van der Waals surface area contributed by atoms with E-state index in [0.717, 1.165) is 31.9 Å². The first-order chi connectivity index (χ1) is 10.9. The van der Waals surface area contributed by atoms with E-state index < -0.39 is 0 Å². The molecule has 1 aromatic heterocycles. The lowest BCUT2D eigenvalue weighted by Crippen LogP contribution is -2.33. The summed E-state index contributed by atoms with van der Waals surface area (Å²) >= 11 is 0. The average Bonchev–Trinajstić information content (AvgIpc) is 3.20. The second-order valence-electron chi connectivity index (χ2n) is 5.48. The Morgan fingerprint density at radius 2 is 2.23 bits per heavy atom. The van der Waals surface area contributed by atoms with Crippen LogP contribution < -0.4 is 5.32 Å². The molecule has 0 radical (unpaired) electrons. The summed E-state index contributed by atoms with van der Waals surface area (Å²) in [6, 6.07) is 10.7. The molecule has 2 heterocycles. The van der Waals surface area contributed by atoms with E-state index in [2.05, 4.69) is 58.2 Å². The third kappa shape index (κ3) is 3.46. The molecule has 0 unspecified atom stereocenters. The van der Waals surface area contributed by atoms with Crippen LogP contribution in [0.3, 0.4) is 0 Å². The summed E-state index contributed by atoms with van der Waals surface area (Å²) in [7, 11) is 0. The smallest absolute Gasteiger partial charge is 0.139 e. The van der Waals surface area contributed by atoms with Crippen molar-refractivity contribution < 1.29 is 4.74 Å². The second-order valence-corrected chi connectivity index (χ2v) is 5.48. The Balaban J connectivity index is 1.57. The van der Waals surface area contributed by atoms with E-state index in [1.54, 1.807) is 0 Å². The Kier molecular flexibility index (Phi) is 5.03. The van der Waals surface area contributed by atoms with Crippen LogP contribution in [-0.2, 0) is 11.3 Å². The van der Waals surface area contributed by atoms with Gasteiger partial charge in [-0.25, -0.2) is 4.98 Å². The van der Waals surface area contributed by atoms with E-state index >= 15 is 0 Å². The third-order valence-corrected chi connectivity index (χ3v) is 4.04. The first kappa shape index (κ1) is 15.0. The highest BCUT2D eigenvalue weighted by Crippen LogP contribution is 2.28. The summed E-state index contributed by atoms with van der Waals surface area (Å²) in [6.45, 7) is 4.69. The number of nitrogens with one attached hydrogen (secondary N) is 1. The van der Waals surface area contributed by atoms with Gasteiger partial charge in [0.2, 0.25) is 0 Å². The van der Waals surface area contributed by atoms with Gasteiger partial charge in [0.1, 0.15) is 11.9 Å². The van der Waals surface area contributed by atoms with Crippen LogP contribution in [0.15, 0.2) is 48.8 Å². The fourth-order valence-corrected chi connectivity index (χ4v) is 2.88. The van der Waals surface area contributed by atoms with Crippen LogP contribution in [0.25, 0.3) is 6.08 Å². The number of benzene rings is 1. The van der Waals surface area contributed by atoms with Gasteiger partial charge >= 0.3 is 0 Å². The lowest BCUT2D eigenvalue weighted by Gasteiger charge is -2.19. The van der Waals surface area contributed by atoms with Crippen molar-refractivity contribution in [2.24, 2.45) is 0 Å². The van der Waals surface area contributed by atoms with Crippen LogP contribution in [0.1, 0.15) is 30.8 Å². The molecule has 0 spiro atoms. The van der Waals surface area contributed by atoms with Gasteiger partial charge in [-0.05, 0) is 18.9 Å². The van der Waals surface area contributed by atoms with Crippen molar-refractivity contribution in [3.63, 3.8) is 0 Å². The van der Waals surface area contributed by atoms with E-state index in [4.69, 9.17) is 4.74 Å². The lowest BCUT2D eigenvalue weighted by atomic mass is 10.1. The van der Waals surface area contributed by atoms with Gasteiger partial charge < -0.3 is 14.6 Å². The molecule has 1 N–H and O–H groups in total. The van der Waals surface area contributed by atoms with Gasteiger partial charge in [0.15, 0.2) is 0 Å². The molecule has 0 bridgehead atoms. The highest BCUT2D eigenvalue weighted by Gasteiger charge is 2.31. The summed E-state index contributed by atoms with van der Waals surface area (Å²) in [5, 5.41) is 3.58. The largest absolute Gasteiger partial charge is 0.369 e. The molecule has 4 heteroatoms. The predicted molar refractivity (Wildman–Crippen MR) is 88.5 cm³/mol. The van der Waals surface area contributed by atoms with Gasteiger partial charge in [-0.2, -0.15) is 0 Å². The molecule has 1 saturated heterocycles. The Bertz CT molecular complexity index is 606. The van der Waals surface area contributed by atoms with Gasteiger partial charge in [-0.3, -0.25) is 0 Å². The van der Waals surface area contributed by atoms with Crippen molar-refractivity contribution in [1.82, 2.24) is 14.9 Å². The number of ether oxygens (including phenoxy) is 1. The highest BCUT2D eigenvalue weighted by molar-refractivity contribution is 5.48. The molecule has 2 aromatic rings. The number of aryl methyl sites for hydroxylation is 1. The first-order valence-electron chi connectivity index (χ1n) is 7.96. The Morgan fingerprint density at radius 1 is 1.36 bits per heavy atom. The molecular weight excluding hydrogens is 274 g/mol. The average molecular weight is 297 g/mol. The van der Waals surface area contributed by atoms with Crippen LogP contribution in [-0.4, -0.2) is 28.7 Å². The van der Waals surface area contributed by atoms with Crippen LogP contribution >= 0.6 is 0 Å². The van der Waals surface area contributed by atoms with Crippen molar-refractivity contribution in [1.29, 1.82) is 0 Å². The van der Waals surface area contributed by atoms with Crippen LogP contribution in [0.2, 0.25) is 0 Å². The Labute approximate surface area is 131 Å². The number of hydrogen-bond donors (Lipinski definition) is 1. The van der Waals surface area contributed by atoms with Gasteiger partial charge in [0, 0.05) is 38.1 Å². The normalized spacial score (nSPS) is 21.7. The molecule has 3 rings (SSSR count). The molecule has 116 valence electrons. The van der Waals surface area contributed by atoms with E-state index in [-0.39, 0.29) is 6.10 Å². The molecule has 0 aliphatic carbocycles. The minimum absolute atomic E-state index is 0.0556. The molecule has 1 aliphatic rings. The standard InChI is InChI=1S/C18H23N3O/c1-2-21-13-12-20-18(21)17-16(10-14-22-17)19-11-6-9-15-7-4-3-5-8-15/h3-9,12-13,16-17,19H,2,10-11,14H2,1H3/b9-6+/t16-,17-/m0/s1. The fourth-order valence-electron chi connectivity index (χ4n) is 2.88. The number of aromatic nitrogens is 2. The summed E-state index contributed by atoms with van der Waals surface area (Å²) in [5.74, 6) is 1.03. The maximum atomic E-state index is 5.90. The van der Waals surface area contributed by atoms with Gasteiger partial charge in [-0.1, -0.05) is 42.5 Å². The second kappa shape index (κ2) is 7.38. The topological polar surface area (TPSA) is 39.1 Å². The van der Waals surface area contributed by atoms with Crippen molar-refractivity contribution in [3.8, 4) is 0 Å². The van der Waals surface area contributed by atoms with Crippen molar-refractivity contribution >= 4 is 6.08 Å². The zero-order chi connectivity index (χ0) is 15.2. The summed E-state index contributed by atoms with van der Waals surface area (Å²) in [4.78, 5) is 4.48. The molecule has 2 atom stereocenters. The first-order valence-corrected chi connectivity index (χ1v) is 7.96. The quantitative estimate of drug-likeness (QED) is 0.891. The van der Waals surface area contributed by atoms with Crippen LogP contribution in [0.4, 0.5) is 0 Å². The van der Waals surface area contributed by atoms with E-state index in [9.17, 15) is 0 Å². The van der Waals surface area contributed by atoms with Gasteiger partial charge in [-0.15, -0.1) is 0 Å². The number of rotatable bonds is 6. The maximum Gasteiger partial charge on any atom is 0.139 e. The van der Waals surface area contributed by atoms with Gasteiger partial charge in [0.05, 0.1) is 0 Å². The van der Waals surface area contributed by atoms with Crippen molar-refractivity contribution in [2.45, 2.75) is 32.0 Å². The maximum absolute atomic E-state index is 5.90. The fraction of sp³-hybridized carbons (Fsp3) is 0.389.